The van der Waals surface area contributed by atoms with Crippen molar-refractivity contribution in [2.24, 2.45) is 9.98 Å². The molecule has 0 saturated heterocycles. The zero-order chi connectivity index (χ0) is 10.4. The van der Waals surface area contributed by atoms with E-state index in [1.807, 2.05) is 27.7 Å². The second-order valence-electron chi connectivity index (χ2n) is 3.15. The lowest BCUT2D eigenvalue weighted by molar-refractivity contribution is 0.0850. The first-order chi connectivity index (χ1) is 6.02. The van der Waals surface area contributed by atoms with Gasteiger partial charge in [-0.2, -0.15) is 0 Å². The van der Waals surface area contributed by atoms with Crippen molar-refractivity contribution in [3.63, 3.8) is 0 Å². The molecular formula is C10H20N2O. The minimum atomic E-state index is 0.0664. The van der Waals surface area contributed by atoms with Gasteiger partial charge in [-0.1, -0.05) is 0 Å². The summed E-state index contributed by atoms with van der Waals surface area (Å²) in [6.07, 6.45) is 0.133. The highest BCUT2D eigenvalue weighted by Gasteiger charge is 2.12. The predicted molar refractivity (Wildman–Crippen MR) is 58.1 cm³/mol. The van der Waals surface area contributed by atoms with Crippen molar-refractivity contribution in [2.45, 2.75) is 39.9 Å². The molecule has 3 nitrogen and oxygen atoms in total. The third-order valence-electron chi connectivity index (χ3n) is 2.29. The molecule has 0 radical (unpaired) electrons. The number of aliphatic imine (C=N–C) groups is 2. The number of hydrogen-bond acceptors (Lipinski definition) is 3. The van der Waals surface area contributed by atoms with Crippen molar-refractivity contribution in [2.75, 3.05) is 14.1 Å². The molecule has 0 aliphatic carbocycles. The molecular weight excluding hydrogens is 164 g/mol. The van der Waals surface area contributed by atoms with E-state index in [1.54, 1.807) is 14.1 Å². The van der Waals surface area contributed by atoms with Crippen LogP contribution in [0.5, 0.6) is 0 Å². The normalized spacial score (nSPS) is 18.6. The molecule has 2 atom stereocenters. The van der Waals surface area contributed by atoms with E-state index in [9.17, 15) is 0 Å². The molecule has 0 aromatic carbocycles. The highest BCUT2D eigenvalue weighted by atomic mass is 16.5. The average molecular weight is 184 g/mol. The first kappa shape index (κ1) is 12.3. The molecule has 0 saturated carbocycles. The first-order valence-electron chi connectivity index (χ1n) is 4.55. The molecule has 76 valence electrons. The summed E-state index contributed by atoms with van der Waals surface area (Å²) in [5.41, 5.74) is 2.02. The van der Waals surface area contributed by atoms with Crippen LogP contribution in [0.1, 0.15) is 27.7 Å². The van der Waals surface area contributed by atoms with Gasteiger partial charge in [0, 0.05) is 25.5 Å². The lowest BCUT2D eigenvalue weighted by Crippen LogP contribution is -2.27. The second kappa shape index (κ2) is 5.86. The first-order valence-corrected chi connectivity index (χ1v) is 4.55. The van der Waals surface area contributed by atoms with Crippen LogP contribution in [0.4, 0.5) is 0 Å². The van der Waals surface area contributed by atoms with E-state index in [4.69, 9.17) is 4.74 Å². The van der Waals surface area contributed by atoms with Crippen LogP contribution in [-0.4, -0.2) is 37.7 Å². The smallest absolute Gasteiger partial charge is 0.0929 e. The van der Waals surface area contributed by atoms with Gasteiger partial charge in [0.25, 0.3) is 0 Å². The van der Waals surface area contributed by atoms with Gasteiger partial charge in [0.1, 0.15) is 0 Å². The minimum absolute atomic E-state index is 0.0664. The molecule has 2 unspecified atom stereocenters. The molecule has 0 spiro atoms. The lowest BCUT2D eigenvalue weighted by Gasteiger charge is -2.18. The quantitative estimate of drug-likeness (QED) is 0.615. The molecule has 0 heterocycles. The van der Waals surface area contributed by atoms with Crippen molar-refractivity contribution in [3.05, 3.63) is 0 Å². The summed E-state index contributed by atoms with van der Waals surface area (Å²) in [4.78, 5) is 8.16. The van der Waals surface area contributed by atoms with Crippen molar-refractivity contribution in [1.82, 2.24) is 0 Å². The Hall–Kier alpha value is -0.700. The monoisotopic (exact) mass is 184 g/mol. The van der Waals surface area contributed by atoms with E-state index in [1.165, 1.54) is 0 Å². The summed E-state index contributed by atoms with van der Waals surface area (Å²) in [7, 11) is 3.56. The molecule has 0 aromatic rings. The molecule has 0 aromatic heterocycles. The zero-order valence-electron chi connectivity index (χ0n) is 9.46. The van der Waals surface area contributed by atoms with Crippen molar-refractivity contribution < 1.29 is 4.74 Å². The maximum Gasteiger partial charge on any atom is 0.0929 e. The lowest BCUT2D eigenvalue weighted by atomic mass is 10.2. The number of rotatable bonds is 4. The maximum absolute atomic E-state index is 5.69. The van der Waals surface area contributed by atoms with Gasteiger partial charge in [0.15, 0.2) is 0 Å². The van der Waals surface area contributed by atoms with Gasteiger partial charge < -0.3 is 4.74 Å². The van der Waals surface area contributed by atoms with Gasteiger partial charge in [-0.05, 0) is 27.7 Å². The van der Waals surface area contributed by atoms with Gasteiger partial charge in [-0.3, -0.25) is 9.98 Å². The maximum atomic E-state index is 5.69. The Labute approximate surface area is 80.9 Å². The third kappa shape index (κ3) is 4.18. The zero-order valence-corrected chi connectivity index (χ0v) is 9.46. The Morgan fingerprint density at radius 3 is 1.46 bits per heavy atom. The summed E-state index contributed by atoms with van der Waals surface area (Å²) < 4.78 is 5.69. The Morgan fingerprint density at radius 1 is 0.923 bits per heavy atom. The Balaban J connectivity index is 4.14. The standard InChI is InChI=1S/C10H20N2O/c1-7(11-5)9(3)13-10(4)8(2)12-6/h9-10H,1-6H3. The Morgan fingerprint density at radius 2 is 1.23 bits per heavy atom. The number of ether oxygens (including phenoxy) is 1. The van der Waals surface area contributed by atoms with E-state index in [0.29, 0.717) is 0 Å². The third-order valence-corrected chi connectivity index (χ3v) is 2.29. The second-order valence-corrected chi connectivity index (χ2v) is 3.15. The Kier molecular flexibility index (Phi) is 5.55. The molecule has 0 aliphatic rings. The van der Waals surface area contributed by atoms with Gasteiger partial charge in [0.05, 0.1) is 12.2 Å². The molecule has 3 heteroatoms. The summed E-state index contributed by atoms with van der Waals surface area (Å²) in [5.74, 6) is 0. The topological polar surface area (TPSA) is 34.0 Å². The van der Waals surface area contributed by atoms with Crippen LogP contribution in [0.15, 0.2) is 9.98 Å². The molecule has 0 fully saturated rings. The van der Waals surface area contributed by atoms with Crippen LogP contribution in [-0.2, 0) is 4.74 Å². The summed E-state index contributed by atoms with van der Waals surface area (Å²) in [5, 5.41) is 0. The molecule has 0 bridgehead atoms. The fourth-order valence-electron chi connectivity index (χ4n) is 0.867. The minimum Gasteiger partial charge on any atom is -0.364 e. The molecule has 0 N–H and O–H groups in total. The largest absolute Gasteiger partial charge is 0.364 e. The van der Waals surface area contributed by atoms with Crippen LogP contribution < -0.4 is 0 Å². The fraction of sp³-hybridized carbons (Fsp3) is 0.800. The van der Waals surface area contributed by atoms with E-state index >= 15 is 0 Å². The molecule has 0 rings (SSSR count). The van der Waals surface area contributed by atoms with Gasteiger partial charge in [0.2, 0.25) is 0 Å². The van der Waals surface area contributed by atoms with Crippen LogP contribution in [0, 0.1) is 0 Å². The van der Waals surface area contributed by atoms with Crippen molar-refractivity contribution in [3.8, 4) is 0 Å². The predicted octanol–water partition coefficient (Wildman–Crippen LogP) is 1.96. The van der Waals surface area contributed by atoms with E-state index in [0.717, 1.165) is 11.4 Å². The van der Waals surface area contributed by atoms with E-state index < -0.39 is 0 Å². The van der Waals surface area contributed by atoms with Crippen LogP contribution in [0.3, 0.4) is 0 Å². The van der Waals surface area contributed by atoms with Gasteiger partial charge >= 0.3 is 0 Å². The molecule has 0 aliphatic heterocycles. The summed E-state index contributed by atoms with van der Waals surface area (Å²) in [6.45, 7) is 7.94. The SMILES string of the molecule is CN=C(C)C(C)OC(C)C(C)=NC. The van der Waals surface area contributed by atoms with Crippen molar-refractivity contribution in [1.29, 1.82) is 0 Å². The van der Waals surface area contributed by atoms with Gasteiger partial charge in [-0.25, -0.2) is 0 Å². The van der Waals surface area contributed by atoms with Crippen LogP contribution >= 0.6 is 0 Å². The van der Waals surface area contributed by atoms with Crippen molar-refractivity contribution >= 4 is 11.4 Å². The summed E-state index contributed by atoms with van der Waals surface area (Å²) >= 11 is 0. The Bertz CT molecular complexity index is 187. The highest BCUT2D eigenvalue weighted by Crippen LogP contribution is 2.02. The number of nitrogens with zero attached hydrogens (tertiary/aromatic N) is 2. The van der Waals surface area contributed by atoms with Crippen LogP contribution in [0.2, 0.25) is 0 Å². The van der Waals surface area contributed by atoms with Crippen LogP contribution in [0.25, 0.3) is 0 Å². The summed E-state index contributed by atoms with van der Waals surface area (Å²) in [6, 6.07) is 0. The fourth-order valence-corrected chi connectivity index (χ4v) is 0.867. The number of hydrogen-bond donors (Lipinski definition) is 0. The molecule has 13 heavy (non-hydrogen) atoms. The van der Waals surface area contributed by atoms with E-state index in [2.05, 4.69) is 9.98 Å². The van der Waals surface area contributed by atoms with E-state index in [-0.39, 0.29) is 12.2 Å². The average Bonchev–Trinajstić information content (AvgIpc) is 2.14. The highest BCUT2D eigenvalue weighted by molar-refractivity contribution is 5.88. The molecule has 0 amide bonds. The van der Waals surface area contributed by atoms with Gasteiger partial charge in [-0.15, -0.1) is 0 Å².